The number of nitrogens with zero attached hydrogens (tertiary/aromatic N) is 2. The van der Waals surface area contributed by atoms with Crippen molar-refractivity contribution >= 4 is 34.8 Å². The summed E-state index contributed by atoms with van der Waals surface area (Å²) in [4.78, 5) is 0. The first-order valence-corrected chi connectivity index (χ1v) is 1.67. The van der Waals surface area contributed by atoms with Gasteiger partial charge in [0.2, 0.25) is 0 Å². The van der Waals surface area contributed by atoms with E-state index in [1.807, 2.05) is 0 Å². The molecule has 7 heavy (non-hydrogen) atoms. The largest absolute Gasteiger partial charge is 2.00 e. The van der Waals surface area contributed by atoms with Crippen molar-refractivity contribution in [2.45, 2.75) is 0 Å². The normalized spacial score (nSPS) is 2.29. The van der Waals surface area contributed by atoms with Gasteiger partial charge in [-0.05, 0) is 0 Å². The van der Waals surface area contributed by atoms with E-state index >= 15 is 0 Å². The van der Waals surface area contributed by atoms with Crippen molar-refractivity contribution in [3.8, 4) is 0 Å². The number of hydrogen-bond acceptors (Lipinski definition) is 2. The molecule has 0 atom stereocenters. The van der Waals surface area contributed by atoms with E-state index in [2.05, 4.69) is 24.4 Å². The van der Waals surface area contributed by atoms with Crippen LogP contribution < -0.4 is 0 Å². The number of hydrogen-bond donors (Lipinski definition) is 0. The van der Waals surface area contributed by atoms with Crippen LogP contribution in [0.2, 0.25) is 0 Å². The zero-order valence-electron chi connectivity index (χ0n) is 3.04. The van der Waals surface area contributed by atoms with Gasteiger partial charge in [-0.3, -0.25) is 0 Å². The first kappa shape index (κ1) is 15.7. The molecular weight excluding hydrogens is 175 g/mol. The SMILES string of the molecule is [Co+2].[N-]=C=S.[N-]=C=S. The van der Waals surface area contributed by atoms with Gasteiger partial charge < -0.3 is 10.8 Å². The molecule has 0 heterocycles. The molecule has 0 aliphatic carbocycles. The van der Waals surface area contributed by atoms with Gasteiger partial charge in [0.1, 0.15) is 0 Å². The first-order valence-electron chi connectivity index (χ1n) is 0.855. The van der Waals surface area contributed by atoms with Gasteiger partial charge in [-0.1, -0.05) is 24.4 Å². The summed E-state index contributed by atoms with van der Waals surface area (Å²) >= 11 is 7.40. The minimum atomic E-state index is 0. The van der Waals surface area contributed by atoms with Gasteiger partial charge >= 0.3 is 16.8 Å². The first-order chi connectivity index (χ1) is 2.83. The van der Waals surface area contributed by atoms with Gasteiger partial charge in [0.05, 0.1) is 0 Å². The minimum Gasteiger partial charge on any atom is -0.753 e. The molecule has 0 fully saturated rings. The van der Waals surface area contributed by atoms with Gasteiger partial charge in [-0.25, -0.2) is 0 Å². The molecule has 0 saturated heterocycles. The molecule has 0 amide bonds. The van der Waals surface area contributed by atoms with Gasteiger partial charge in [-0.2, -0.15) is 10.3 Å². The second kappa shape index (κ2) is 35.9. The third kappa shape index (κ3) is 9080. The Balaban J connectivity index is -0.0000000400. The Morgan fingerprint density at radius 3 is 1.00 bits per heavy atom. The van der Waals surface area contributed by atoms with E-state index in [0.29, 0.717) is 0 Å². The summed E-state index contributed by atoms with van der Waals surface area (Å²) in [6.07, 6.45) is 0. The molecule has 0 aromatic rings. The van der Waals surface area contributed by atoms with Crippen LogP contribution in [0.1, 0.15) is 0 Å². The second-order valence-electron chi connectivity index (χ2n) is 0.183. The minimum absolute atomic E-state index is 0. The van der Waals surface area contributed by atoms with Crippen LogP contribution in [0.5, 0.6) is 0 Å². The van der Waals surface area contributed by atoms with Crippen LogP contribution in [0.15, 0.2) is 0 Å². The standard InChI is InChI=1S/2CNS.Co/c2*2-1-3;/q2*-1;+2. The smallest absolute Gasteiger partial charge is 0.753 e. The van der Waals surface area contributed by atoms with Crippen molar-refractivity contribution in [3.05, 3.63) is 10.8 Å². The maximum atomic E-state index is 7.13. The van der Waals surface area contributed by atoms with Crippen molar-refractivity contribution < 1.29 is 16.8 Å². The van der Waals surface area contributed by atoms with Crippen molar-refractivity contribution in [3.63, 3.8) is 0 Å². The Morgan fingerprint density at radius 1 is 1.00 bits per heavy atom. The van der Waals surface area contributed by atoms with Crippen LogP contribution in [0.3, 0.4) is 0 Å². The molecule has 0 unspecified atom stereocenters. The molecule has 0 N–H and O–H groups in total. The molecule has 5 heteroatoms. The third-order valence-corrected chi connectivity index (χ3v) is 0. The summed E-state index contributed by atoms with van der Waals surface area (Å²) in [7, 11) is 0. The van der Waals surface area contributed by atoms with Crippen LogP contribution in [0, 0.1) is 0 Å². The van der Waals surface area contributed by atoms with Gasteiger partial charge in [0.25, 0.3) is 0 Å². The second-order valence-corrected chi connectivity index (χ2v) is 0.548. The number of rotatable bonds is 0. The molecule has 0 saturated carbocycles. The molecule has 0 bridgehead atoms. The summed E-state index contributed by atoms with van der Waals surface area (Å²) in [5, 5.41) is 16.9. The molecule has 0 spiro atoms. The molecule has 1 radical (unpaired) electrons. The summed E-state index contributed by atoms with van der Waals surface area (Å²) in [5.41, 5.74) is 0. The maximum Gasteiger partial charge on any atom is 2.00 e. The molecule has 2 nitrogen and oxygen atoms in total. The van der Waals surface area contributed by atoms with Gasteiger partial charge in [0, 0.05) is 0 Å². The van der Waals surface area contributed by atoms with Gasteiger partial charge in [0.15, 0.2) is 0 Å². The summed E-state index contributed by atoms with van der Waals surface area (Å²) in [5.74, 6) is 0. The number of thiocarbonyl (C=S) groups is 2. The topological polar surface area (TPSA) is 44.6 Å². The predicted molar refractivity (Wildman–Crippen MR) is 31.9 cm³/mol. The molecule has 0 aromatic heterocycles. The molecule has 0 aliphatic heterocycles. The van der Waals surface area contributed by atoms with E-state index in [-0.39, 0.29) is 16.8 Å². The molecule has 0 aliphatic rings. The Morgan fingerprint density at radius 2 is 1.00 bits per heavy atom. The van der Waals surface area contributed by atoms with Crippen molar-refractivity contribution in [2.24, 2.45) is 0 Å². The molecule has 0 rings (SSSR count). The molecule has 39 valence electrons. The van der Waals surface area contributed by atoms with Crippen LogP contribution in [-0.2, 0) is 16.8 Å². The van der Waals surface area contributed by atoms with Crippen LogP contribution in [0.25, 0.3) is 10.8 Å². The summed E-state index contributed by atoms with van der Waals surface area (Å²) in [6.45, 7) is 0. The van der Waals surface area contributed by atoms with Crippen LogP contribution >= 0.6 is 24.4 Å². The average Bonchev–Trinajstić information content (AvgIpc) is 1.39. The zero-order chi connectivity index (χ0) is 5.41. The van der Waals surface area contributed by atoms with Crippen LogP contribution in [-0.4, -0.2) is 10.3 Å². The van der Waals surface area contributed by atoms with E-state index in [9.17, 15) is 0 Å². The average molecular weight is 175 g/mol. The Labute approximate surface area is 62.5 Å². The quantitative estimate of drug-likeness (QED) is 0.411. The predicted octanol–water partition coefficient (Wildman–Crippen LogP) is 1.31. The van der Waals surface area contributed by atoms with Crippen molar-refractivity contribution in [1.82, 2.24) is 0 Å². The molecular formula is C2CoN2S2. The summed E-state index contributed by atoms with van der Waals surface area (Å²) in [6, 6.07) is 0. The third-order valence-electron chi connectivity index (χ3n) is 0. The Bertz CT molecular complexity index is 67.7. The zero-order valence-corrected chi connectivity index (χ0v) is 5.72. The Hall–Kier alpha value is 0.106. The van der Waals surface area contributed by atoms with E-state index in [4.69, 9.17) is 10.8 Å². The fourth-order valence-corrected chi connectivity index (χ4v) is 0. The van der Waals surface area contributed by atoms with E-state index in [1.165, 1.54) is 10.3 Å². The number of isothiocyanates is 2. The maximum absolute atomic E-state index is 7.13. The fourth-order valence-electron chi connectivity index (χ4n) is 0. The van der Waals surface area contributed by atoms with E-state index < -0.39 is 0 Å². The van der Waals surface area contributed by atoms with E-state index in [0.717, 1.165) is 0 Å². The summed E-state index contributed by atoms with van der Waals surface area (Å²) < 4.78 is 0. The molecule has 0 aromatic carbocycles. The van der Waals surface area contributed by atoms with Gasteiger partial charge in [-0.15, -0.1) is 0 Å². The van der Waals surface area contributed by atoms with Crippen LogP contribution in [0.4, 0.5) is 0 Å². The Kier molecular flexibility index (Phi) is 80.6. The van der Waals surface area contributed by atoms with E-state index in [1.54, 1.807) is 0 Å². The van der Waals surface area contributed by atoms with Crippen molar-refractivity contribution in [2.75, 3.05) is 0 Å². The fraction of sp³-hybridized carbons (Fsp3) is 0. The monoisotopic (exact) mass is 175 g/mol. The van der Waals surface area contributed by atoms with Crippen molar-refractivity contribution in [1.29, 1.82) is 0 Å².